The Hall–Kier alpha value is -2.04. The third-order valence-corrected chi connectivity index (χ3v) is 1.76. The van der Waals surface area contributed by atoms with E-state index in [1.165, 1.54) is 6.21 Å². The van der Waals surface area contributed by atoms with Gasteiger partial charge in [-0.3, -0.25) is 0 Å². The number of nitrogens with one attached hydrogen (secondary N) is 1. The van der Waals surface area contributed by atoms with Crippen molar-refractivity contribution in [1.29, 1.82) is 0 Å². The molecule has 0 saturated heterocycles. The molecule has 0 aliphatic carbocycles. The molecule has 0 spiro atoms. The molecule has 0 bridgehead atoms. The van der Waals surface area contributed by atoms with Gasteiger partial charge in [-0.2, -0.15) is 5.10 Å². The van der Waals surface area contributed by atoms with Crippen molar-refractivity contribution in [1.82, 2.24) is 5.43 Å². The molecule has 1 aromatic carbocycles. The minimum absolute atomic E-state index is 0.323. The van der Waals surface area contributed by atoms with Crippen LogP contribution in [0.5, 0.6) is 5.75 Å². The fourth-order valence-corrected chi connectivity index (χ4v) is 1.01. The number of benzene rings is 1. The average molecular weight is 222 g/mol. The van der Waals surface area contributed by atoms with Crippen LogP contribution in [0.3, 0.4) is 0 Å². The van der Waals surface area contributed by atoms with Gasteiger partial charge in [0.15, 0.2) is 0 Å². The highest BCUT2D eigenvalue weighted by atomic mass is 16.5. The Morgan fingerprint density at radius 1 is 1.44 bits per heavy atom. The number of amides is 1. The Labute approximate surface area is 94.1 Å². The topological polar surface area (TPSA) is 59.9 Å². The summed E-state index contributed by atoms with van der Waals surface area (Å²) in [6, 6.07) is 7.28. The molecule has 1 rings (SSSR count). The van der Waals surface area contributed by atoms with Crippen LogP contribution in [-0.2, 0) is 4.74 Å². The van der Waals surface area contributed by atoms with Crippen molar-refractivity contribution in [3.8, 4) is 5.75 Å². The van der Waals surface area contributed by atoms with Crippen LogP contribution < -0.4 is 10.2 Å². The smallest absolute Gasteiger partial charge is 0.427 e. The lowest BCUT2D eigenvalue weighted by Gasteiger charge is -2.00. The molecule has 1 amide bonds. The van der Waals surface area contributed by atoms with Gasteiger partial charge in [0.2, 0.25) is 0 Å². The molecule has 16 heavy (non-hydrogen) atoms. The van der Waals surface area contributed by atoms with E-state index >= 15 is 0 Å². The number of carbonyl (C=O) groups is 1. The molecule has 0 aromatic heterocycles. The molecule has 1 aromatic rings. The maximum Gasteiger partial charge on any atom is 0.427 e. The highest BCUT2D eigenvalue weighted by Crippen LogP contribution is 2.09. The highest BCUT2D eigenvalue weighted by Gasteiger charge is 1.95. The zero-order valence-electron chi connectivity index (χ0n) is 9.27. The third kappa shape index (κ3) is 4.00. The number of ether oxygens (including phenoxy) is 2. The first-order chi connectivity index (χ1) is 7.76. The van der Waals surface area contributed by atoms with Gasteiger partial charge < -0.3 is 9.47 Å². The Morgan fingerprint density at radius 3 is 2.69 bits per heavy atom. The Bertz CT molecular complexity index is 360. The van der Waals surface area contributed by atoms with Gasteiger partial charge in [0.25, 0.3) is 0 Å². The van der Waals surface area contributed by atoms with E-state index in [9.17, 15) is 4.79 Å². The van der Waals surface area contributed by atoms with Crippen molar-refractivity contribution in [2.24, 2.45) is 5.10 Å². The van der Waals surface area contributed by atoms with E-state index in [0.29, 0.717) is 6.61 Å². The molecule has 5 heteroatoms. The van der Waals surface area contributed by atoms with Crippen molar-refractivity contribution in [3.05, 3.63) is 29.8 Å². The van der Waals surface area contributed by atoms with E-state index in [1.54, 1.807) is 14.0 Å². The Balaban J connectivity index is 2.46. The van der Waals surface area contributed by atoms with E-state index in [4.69, 9.17) is 4.74 Å². The van der Waals surface area contributed by atoms with Crippen LogP contribution in [0.25, 0.3) is 0 Å². The average Bonchev–Trinajstić information content (AvgIpc) is 2.30. The number of rotatable bonds is 4. The first kappa shape index (κ1) is 12.0. The lowest BCUT2D eigenvalue weighted by molar-refractivity contribution is 0.152. The van der Waals surface area contributed by atoms with Crippen molar-refractivity contribution in [3.63, 3.8) is 0 Å². The molecule has 1 N–H and O–H groups in total. The summed E-state index contributed by atoms with van der Waals surface area (Å²) in [6.45, 7) is 2.05. The third-order valence-electron chi connectivity index (χ3n) is 1.76. The highest BCUT2D eigenvalue weighted by molar-refractivity contribution is 5.80. The summed E-state index contributed by atoms with van der Waals surface area (Å²) in [5, 5.41) is 3.73. The SMILES string of the molecule is CCOC(=O)N/N=C/c1ccc(OC)cc1. The van der Waals surface area contributed by atoms with Crippen LogP contribution in [-0.4, -0.2) is 26.0 Å². The second kappa shape index (κ2) is 6.44. The van der Waals surface area contributed by atoms with E-state index in [1.807, 2.05) is 24.3 Å². The van der Waals surface area contributed by atoms with Crippen LogP contribution in [0, 0.1) is 0 Å². The summed E-state index contributed by atoms with van der Waals surface area (Å²) in [5.41, 5.74) is 3.10. The summed E-state index contributed by atoms with van der Waals surface area (Å²) >= 11 is 0. The number of hydrogen-bond acceptors (Lipinski definition) is 4. The van der Waals surface area contributed by atoms with Gasteiger partial charge in [0, 0.05) is 0 Å². The monoisotopic (exact) mass is 222 g/mol. The molecule has 0 aliphatic rings. The summed E-state index contributed by atoms with van der Waals surface area (Å²) in [5.74, 6) is 0.774. The zero-order chi connectivity index (χ0) is 11.8. The van der Waals surface area contributed by atoms with Gasteiger partial charge in [-0.05, 0) is 36.8 Å². The lowest BCUT2D eigenvalue weighted by Crippen LogP contribution is -2.18. The summed E-state index contributed by atoms with van der Waals surface area (Å²) in [7, 11) is 1.60. The quantitative estimate of drug-likeness (QED) is 0.624. The fourth-order valence-electron chi connectivity index (χ4n) is 1.01. The van der Waals surface area contributed by atoms with Gasteiger partial charge >= 0.3 is 6.09 Å². The van der Waals surface area contributed by atoms with E-state index < -0.39 is 6.09 Å². The van der Waals surface area contributed by atoms with Gasteiger partial charge in [-0.15, -0.1) is 0 Å². The summed E-state index contributed by atoms with van der Waals surface area (Å²) in [4.78, 5) is 10.9. The number of methoxy groups -OCH3 is 1. The van der Waals surface area contributed by atoms with Gasteiger partial charge in [0.1, 0.15) is 5.75 Å². The number of hydrazone groups is 1. The lowest BCUT2D eigenvalue weighted by atomic mass is 10.2. The first-order valence-electron chi connectivity index (χ1n) is 4.86. The van der Waals surface area contributed by atoms with Crippen molar-refractivity contribution >= 4 is 12.3 Å². The van der Waals surface area contributed by atoms with Crippen molar-refractivity contribution < 1.29 is 14.3 Å². The van der Waals surface area contributed by atoms with Crippen LogP contribution >= 0.6 is 0 Å². The second-order valence-electron chi connectivity index (χ2n) is 2.86. The van der Waals surface area contributed by atoms with Crippen LogP contribution in [0.15, 0.2) is 29.4 Å². The molecule has 5 nitrogen and oxygen atoms in total. The van der Waals surface area contributed by atoms with Crippen LogP contribution in [0.1, 0.15) is 12.5 Å². The van der Waals surface area contributed by atoms with Crippen molar-refractivity contribution in [2.75, 3.05) is 13.7 Å². The predicted molar refractivity (Wildman–Crippen MR) is 60.7 cm³/mol. The molecule has 0 saturated carbocycles. The number of nitrogens with zero attached hydrogens (tertiary/aromatic N) is 1. The van der Waals surface area contributed by atoms with Gasteiger partial charge in [0.05, 0.1) is 19.9 Å². The second-order valence-corrected chi connectivity index (χ2v) is 2.86. The van der Waals surface area contributed by atoms with Gasteiger partial charge in [-0.25, -0.2) is 10.2 Å². The minimum Gasteiger partial charge on any atom is -0.497 e. The van der Waals surface area contributed by atoms with Gasteiger partial charge in [-0.1, -0.05) is 0 Å². The zero-order valence-corrected chi connectivity index (χ0v) is 9.27. The van der Waals surface area contributed by atoms with E-state index in [0.717, 1.165) is 11.3 Å². The largest absolute Gasteiger partial charge is 0.497 e. The van der Waals surface area contributed by atoms with E-state index in [2.05, 4.69) is 15.3 Å². The van der Waals surface area contributed by atoms with E-state index in [-0.39, 0.29) is 0 Å². The maximum atomic E-state index is 10.9. The molecule has 0 atom stereocenters. The minimum atomic E-state index is -0.563. The Kier molecular flexibility index (Phi) is 4.85. The van der Waals surface area contributed by atoms with Crippen LogP contribution in [0.4, 0.5) is 4.79 Å². The number of hydrogen-bond donors (Lipinski definition) is 1. The predicted octanol–water partition coefficient (Wildman–Crippen LogP) is 1.78. The molecule has 0 unspecified atom stereocenters. The molecule has 0 heterocycles. The molecular weight excluding hydrogens is 208 g/mol. The molecule has 0 radical (unpaired) electrons. The normalized spacial score (nSPS) is 10.1. The first-order valence-corrected chi connectivity index (χ1v) is 4.86. The summed E-state index contributed by atoms with van der Waals surface area (Å²) < 4.78 is 9.64. The fraction of sp³-hybridized carbons (Fsp3) is 0.273. The summed E-state index contributed by atoms with van der Waals surface area (Å²) in [6.07, 6.45) is 0.961. The van der Waals surface area contributed by atoms with Crippen LogP contribution in [0.2, 0.25) is 0 Å². The molecule has 86 valence electrons. The standard InChI is InChI=1S/C11H14N2O3/c1-3-16-11(14)13-12-8-9-4-6-10(15-2)7-5-9/h4-8H,3H2,1-2H3,(H,13,14)/b12-8+. The Morgan fingerprint density at radius 2 is 2.12 bits per heavy atom. The maximum absolute atomic E-state index is 10.9. The molecule has 0 fully saturated rings. The molecular formula is C11H14N2O3. The number of carbonyl (C=O) groups excluding carboxylic acids is 1. The van der Waals surface area contributed by atoms with Crippen molar-refractivity contribution in [2.45, 2.75) is 6.92 Å². The molecule has 0 aliphatic heterocycles.